The molecule has 3 nitrogen and oxygen atoms in total. The second-order valence-corrected chi connectivity index (χ2v) is 6.14. The van der Waals surface area contributed by atoms with Gasteiger partial charge in [0.15, 0.2) is 0 Å². The maximum atomic E-state index is 10.8. The van der Waals surface area contributed by atoms with Crippen LogP contribution in [0.4, 0.5) is 0 Å². The molecule has 1 N–H and O–H groups in total. The van der Waals surface area contributed by atoms with Crippen LogP contribution < -0.4 is 4.74 Å². The molecule has 2 atom stereocenters. The number of aliphatic hydroxyl groups is 1. The van der Waals surface area contributed by atoms with Gasteiger partial charge in [0.05, 0.1) is 11.7 Å². The summed E-state index contributed by atoms with van der Waals surface area (Å²) in [5, 5.41) is 20.4. The molecule has 1 aromatic rings. The molecule has 0 amide bonds. The molecule has 2 rings (SSSR count). The Morgan fingerprint density at radius 2 is 2.16 bits per heavy atom. The average Bonchev–Trinajstić information content (AvgIpc) is 2.36. The van der Waals surface area contributed by atoms with Crippen LogP contribution in [0.2, 0.25) is 0 Å². The molecule has 102 valence electrons. The van der Waals surface area contributed by atoms with Gasteiger partial charge in [0, 0.05) is 6.42 Å². The van der Waals surface area contributed by atoms with E-state index < -0.39 is 11.0 Å². The summed E-state index contributed by atoms with van der Waals surface area (Å²) in [5.41, 5.74) is -0.922. The summed E-state index contributed by atoms with van der Waals surface area (Å²) in [5.74, 6) is 1.16. The van der Waals surface area contributed by atoms with Gasteiger partial charge in [0.1, 0.15) is 17.8 Å². The number of nitriles is 1. The Kier molecular flexibility index (Phi) is 3.56. The third-order valence-corrected chi connectivity index (χ3v) is 3.99. The first-order chi connectivity index (χ1) is 8.90. The number of hydrogen-bond acceptors (Lipinski definition) is 3. The minimum atomic E-state index is -1.05. The quantitative estimate of drug-likeness (QED) is 0.908. The maximum absolute atomic E-state index is 10.8. The molecule has 3 heteroatoms. The number of ether oxygens (including phenoxy) is 1. The second kappa shape index (κ2) is 4.86. The van der Waals surface area contributed by atoms with E-state index >= 15 is 0 Å². The standard InChI is InChI=1S/C16H21NO2/c1-12(2)8-15(3,18)16(10-17)9-13-6-4-5-7-14(13)19-11-16/h4-7,12,18H,8-9,11H2,1-3H3. The summed E-state index contributed by atoms with van der Waals surface area (Å²) >= 11 is 0. The van der Waals surface area contributed by atoms with Gasteiger partial charge in [-0.15, -0.1) is 0 Å². The highest BCUT2D eigenvalue weighted by Crippen LogP contribution is 2.43. The Hall–Kier alpha value is -1.53. The van der Waals surface area contributed by atoms with Crippen molar-refractivity contribution in [3.63, 3.8) is 0 Å². The maximum Gasteiger partial charge on any atom is 0.124 e. The fourth-order valence-corrected chi connectivity index (χ4v) is 2.90. The summed E-state index contributed by atoms with van der Waals surface area (Å²) < 4.78 is 5.72. The smallest absolute Gasteiger partial charge is 0.124 e. The molecule has 1 aliphatic rings. The van der Waals surface area contributed by atoms with Crippen LogP contribution in [0.25, 0.3) is 0 Å². The monoisotopic (exact) mass is 259 g/mol. The summed E-state index contributed by atoms with van der Waals surface area (Å²) in [7, 11) is 0. The largest absolute Gasteiger partial charge is 0.492 e. The number of nitrogens with zero attached hydrogens (tertiary/aromatic N) is 1. The number of benzene rings is 1. The zero-order chi connectivity index (χ0) is 14.1. The highest BCUT2D eigenvalue weighted by Gasteiger charge is 2.50. The molecule has 0 radical (unpaired) electrons. The van der Waals surface area contributed by atoms with Gasteiger partial charge in [-0.25, -0.2) is 0 Å². The Balaban J connectivity index is 2.34. The number of hydrogen-bond donors (Lipinski definition) is 1. The SMILES string of the molecule is CC(C)CC(C)(O)C1(C#N)COc2ccccc2C1. The van der Waals surface area contributed by atoms with Gasteiger partial charge < -0.3 is 9.84 Å². The Bertz CT molecular complexity index is 502. The summed E-state index contributed by atoms with van der Waals surface area (Å²) in [4.78, 5) is 0. The molecule has 1 aromatic carbocycles. The first-order valence-corrected chi connectivity index (χ1v) is 6.74. The fourth-order valence-electron chi connectivity index (χ4n) is 2.90. The van der Waals surface area contributed by atoms with Gasteiger partial charge in [-0.05, 0) is 30.9 Å². The van der Waals surface area contributed by atoms with E-state index in [-0.39, 0.29) is 6.61 Å². The van der Waals surface area contributed by atoms with Crippen LogP contribution in [-0.4, -0.2) is 17.3 Å². The van der Waals surface area contributed by atoms with E-state index in [2.05, 4.69) is 19.9 Å². The molecule has 1 aliphatic heterocycles. The lowest BCUT2D eigenvalue weighted by Gasteiger charge is -2.43. The first kappa shape index (κ1) is 13.9. The van der Waals surface area contributed by atoms with E-state index in [9.17, 15) is 10.4 Å². The summed E-state index contributed by atoms with van der Waals surface area (Å²) in [6.07, 6.45) is 1.13. The van der Waals surface area contributed by atoms with Gasteiger partial charge in [-0.1, -0.05) is 32.0 Å². The van der Waals surface area contributed by atoms with Crippen LogP contribution in [0.3, 0.4) is 0 Å². The van der Waals surface area contributed by atoms with Gasteiger partial charge in [-0.2, -0.15) is 5.26 Å². The Morgan fingerprint density at radius 1 is 1.47 bits per heavy atom. The van der Waals surface area contributed by atoms with Crippen LogP contribution in [0, 0.1) is 22.7 Å². The van der Waals surface area contributed by atoms with Gasteiger partial charge >= 0.3 is 0 Å². The van der Waals surface area contributed by atoms with E-state index in [0.29, 0.717) is 18.8 Å². The lowest BCUT2D eigenvalue weighted by Crippen LogP contribution is -2.52. The first-order valence-electron chi connectivity index (χ1n) is 6.74. The predicted molar refractivity (Wildman–Crippen MR) is 73.8 cm³/mol. The van der Waals surface area contributed by atoms with Crippen LogP contribution in [0.15, 0.2) is 24.3 Å². The van der Waals surface area contributed by atoms with Gasteiger partial charge in [0.2, 0.25) is 0 Å². The van der Waals surface area contributed by atoms with Crippen LogP contribution in [0.1, 0.15) is 32.8 Å². The number of fused-ring (bicyclic) bond motifs is 1. The topological polar surface area (TPSA) is 53.2 Å². The fraction of sp³-hybridized carbons (Fsp3) is 0.562. The van der Waals surface area contributed by atoms with Crippen molar-refractivity contribution in [2.24, 2.45) is 11.3 Å². The zero-order valence-electron chi connectivity index (χ0n) is 11.8. The summed E-state index contributed by atoms with van der Waals surface area (Å²) in [6, 6.07) is 10.1. The lowest BCUT2D eigenvalue weighted by molar-refractivity contribution is -0.0792. The third kappa shape index (κ3) is 2.46. The Labute approximate surface area is 114 Å². The molecule has 2 unspecified atom stereocenters. The lowest BCUT2D eigenvalue weighted by atomic mass is 9.66. The second-order valence-electron chi connectivity index (χ2n) is 6.14. The van der Waals surface area contributed by atoms with Gasteiger partial charge in [0.25, 0.3) is 0 Å². The molecule has 0 aromatic heterocycles. The highest BCUT2D eigenvalue weighted by molar-refractivity contribution is 5.38. The molecule has 0 fully saturated rings. The van der Waals surface area contributed by atoms with Crippen molar-refractivity contribution < 1.29 is 9.84 Å². The molecular weight excluding hydrogens is 238 g/mol. The highest BCUT2D eigenvalue weighted by atomic mass is 16.5. The van der Waals surface area contributed by atoms with Crippen LogP contribution in [0.5, 0.6) is 5.75 Å². The minimum Gasteiger partial charge on any atom is -0.492 e. The molecule has 0 saturated heterocycles. The average molecular weight is 259 g/mol. The molecule has 0 saturated carbocycles. The van der Waals surface area contributed by atoms with Crippen molar-refractivity contribution in [2.75, 3.05) is 6.61 Å². The van der Waals surface area contributed by atoms with Crippen molar-refractivity contribution in [1.82, 2.24) is 0 Å². The molecule has 0 aliphatic carbocycles. The Morgan fingerprint density at radius 3 is 2.79 bits per heavy atom. The van der Waals surface area contributed by atoms with Crippen molar-refractivity contribution >= 4 is 0 Å². The predicted octanol–water partition coefficient (Wildman–Crippen LogP) is 2.93. The zero-order valence-corrected chi connectivity index (χ0v) is 11.8. The van der Waals surface area contributed by atoms with Crippen molar-refractivity contribution in [3.8, 4) is 11.8 Å². The van der Waals surface area contributed by atoms with E-state index in [1.165, 1.54) is 0 Å². The minimum absolute atomic E-state index is 0.250. The van der Waals surface area contributed by atoms with E-state index in [0.717, 1.165) is 11.3 Å². The third-order valence-electron chi connectivity index (χ3n) is 3.99. The molecule has 19 heavy (non-hydrogen) atoms. The van der Waals surface area contributed by atoms with E-state index in [1.54, 1.807) is 6.92 Å². The van der Waals surface area contributed by atoms with Crippen molar-refractivity contribution in [2.45, 2.75) is 39.2 Å². The molecule has 0 bridgehead atoms. The molecular formula is C16H21NO2. The van der Waals surface area contributed by atoms with Crippen LogP contribution >= 0.6 is 0 Å². The number of rotatable bonds is 3. The van der Waals surface area contributed by atoms with E-state index in [4.69, 9.17) is 4.74 Å². The summed E-state index contributed by atoms with van der Waals surface area (Å²) in [6.45, 7) is 6.11. The normalized spacial score (nSPS) is 25.1. The molecule has 0 spiro atoms. The molecule has 1 heterocycles. The van der Waals surface area contributed by atoms with Crippen molar-refractivity contribution in [1.29, 1.82) is 5.26 Å². The van der Waals surface area contributed by atoms with Crippen molar-refractivity contribution in [3.05, 3.63) is 29.8 Å². The number of para-hydroxylation sites is 1. The van der Waals surface area contributed by atoms with Crippen LogP contribution in [-0.2, 0) is 6.42 Å². The van der Waals surface area contributed by atoms with Gasteiger partial charge in [-0.3, -0.25) is 0 Å². The van der Waals surface area contributed by atoms with E-state index in [1.807, 2.05) is 24.3 Å².